The fourth-order valence-corrected chi connectivity index (χ4v) is 3.02. The normalized spacial score (nSPS) is 15.4. The van der Waals surface area contributed by atoms with Gasteiger partial charge in [0.1, 0.15) is 11.4 Å². The average Bonchev–Trinajstić information content (AvgIpc) is 2.64. The van der Waals surface area contributed by atoms with Crippen molar-refractivity contribution >= 4 is 17.7 Å². The second kappa shape index (κ2) is 10.1. The van der Waals surface area contributed by atoms with Crippen molar-refractivity contribution in [3.63, 3.8) is 0 Å². The first-order valence-corrected chi connectivity index (χ1v) is 9.75. The van der Waals surface area contributed by atoms with E-state index in [1.807, 2.05) is 39.0 Å². The summed E-state index contributed by atoms with van der Waals surface area (Å²) >= 11 is 0. The number of phenolic OH excluding ortho intramolecular Hbond substituents is 1. The molecule has 28 heavy (non-hydrogen) atoms. The minimum Gasteiger partial charge on any atom is -0.506 e. The van der Waals surface area contributed by atoms with Gasteiger partial charge in [-0.3, -0.25) is 4.99 Å². The van der Waals surface area contributed by atoms with Crippen LogP contribution in [0.2, 0.25) is 0 Å². The molecule has 1 heterocycles. The van der Waals surface area contributed by atoms with Crippen LogP contribution in [-0.2, 0) is 4.74 Å². The summed E-state index contributed by atoms with van der Waals surface area (Å²) in [7, 11) is 1.77. The van der Waals surface area contributed by atoms with Crippen LogP contribution in [0.5, 0.6) is 5.75 Å². The molecule has 2 rings (SSSR count). The number of carbonyl (C=O) groups excluding carboxylic acids is 1. The standard InChI is InChI=1S/C20H33N5O3/c1-20(2,3)28-19(27)23-11-7-10-22-18(21-4)25-14-12-24(13-15-25)16-8-5-6-9-17(16)26/h5-6,8-9,26H,7,10-15H2,1-4H3,(H,21,22)(H,23,27). The summed E-state index contributed by atoms with van der Waals surface area (Å²) in [6.07, 6.45) is 0.382. The molecule has 0 atom stereocenters. The number of benzene rings is 1. The maximum Gasteiger partial charge on any atom is 0.407 e. The van der Waals surface area contributed by atoms with Gasteiger partial charge in [-0.25, -0.2) is 4.79 Å². The van der Waals surface area contributed by atoms with Crippen molar-refractivity contribution in [2.45, 2.75) is 32.8 Å². The largest absolute Gasteiger partial charge is 0.506 e. The Kier molecular flexibility index (Phi) is 7.78. The Labute approximate surface area is 167 Å². The molecule has 8 heteroatoms. The minimum absolute atomic E-state index is 0.316. The lowest BCUT2D eigenvalue weighted by atomic mass is 10.2. The average molecular weight is 392 g/mol. The topological polar surface area (TPSA) is 89.4 Å². The summed E-state index contributed by atoms with van der Waals surface area (Å²) in [5, 5.41) is 16.1. The Morgan fingerprint density at radius 3 is 2.39 bits per heavy atom. The number of nitrogens with one attached hydrogen (secondary N) is 2. The number of anilines is 1. The van der Waals surface area contributed by atoms with Crippen LogP contribution in [0.3, 0.4) is 0 Å². The third-order valence-corrected chi connectivity index (χ3v) is 4.32. The van der Waals surface area contributed by atoms with E-state index in [4.69, 9.17) is 4.74 Å². The Hall–Kier alpha value is -2.64. The summed E-state index contributed by atoms with van der Waals surface area (Å²) in [5.41, 5.74) is 0.390. The van der Waals surface area contributed by atoms with Crippen molar-refractivity contribution < 1.29 is 14.6 Å². The van der Waals surface area contributed by atoms with Crippen LogP contribution in [0.15, 0.2) is 29.3 Å². The number of aromatic hydroxyl groups is 1. The van der Waals surface area contributed by atoms with E-state index < -0.39 is 11.7 Å². The van der Waals surface area contributed by atoms with Gasteiger partial charge in [-0.05, 0) is 39.3 Å². The summed E-state index contributed by atoms with van der Waals surface area (Å²) in [6.45, 7) is 10.1. The van der Waals surface area contributed by atoms with E-state index in [0.29, 0.717) is 18.8 Å². The Bertz CT molecular complexity index is 664. The molecule has 1 aromatic carbocycles. The quantitative estimate of drug-likeness (QED) is 0.404. The highest BCUT2D eigenvalue weighted by Gasteiger charge is 2.21. The molecule has 0 unspecified atom stereocenters. The summed E-state index contributed by atoms with van der Waals surface area (Å²) in [6, 6.07) is 7.43. The number of hydrogen-bond acceptors (Lipinski definition) is 5. The van der Waals surface area contributed by atoms with Gasteiger partial charge in [0.05, 0.1) is 5.69 Å². The monoisotopic (exact) mass is 391 g/mol. The molecule has 1 amide bonds. The lowest BCUT2D eigenvalue weighted by Gasteiger charge is -2.37. The molecule has 1 aliphatic heterocycles. The van der Waals surface area contributed by atoms with Gasteiger partial charge in [0.2, 0.25) is 0 Å². The first-order valence-electron chi connectivity index (χ1n) is 9.75. The number of carbonyl (C=O) groups is 1. The van der Waals surface area contributed by atoms with E-state index >= 15 is 0 Å². The van der Waals surface area contributed by atoms with E-state index in [9.17, 15) is 9.90 Å². The number of nitrogens with zero attached hydrogens (tertiary/aromatic N) is 3. The fraction of sp³-hybridized carbons (Fsp3) is 0.600. The summed E-state index contributed by atoms with van der Waals surface area (Å²) in [4.78, 5) is 20.4. The van der Waals surface area contributed by atoms with Gasteiger partial charge in [-0.15, -0.1) is 0 Å². The Balaban J connectivity index is 1.69. The number of para-hydroxylation sites is 2. The van der Waals surface area contributed by atoms with E-state index in [1.54, 1.807) is 13.1 Å². The van der Waals surface area contributed by atoms with Gasteiger partial charge >= 0.3 is 6.09 Å². The molecule has 1 saturated heterocycles. The van der Waals surface area contributed by atoms with Crippen molar-refractivity contribution in [1.82, 2.24) is 15.5 Å². The highest BCUT2D eigenvalue weighted by atomic mass is 16.6. The highest BCUT2D eigenvalue weighted by molar-refractivity contribution is 5.80. The lowest BCUT2D eigenvalue weighted by molar-refractivity contribution is 0.0527. The van der Waals surface area contributed by atoms with Crippen molar-refractivity contribution in [3.8, 4) is 5.75 Å². The van der Waals surface area contributed by atoms with E-state index in [0.717, 1.165) is 44.2 Å². The molecule has 8 nitrogen and oxygen atoms in total. The predicted molar refractivity (Wildman–Crippen MR) is 112 cm³/mol. The first kappa shape index (κ1) is 21.7. The van der Waals surface area contributed by atoms with Gasteiger partial charge in [0.25, 0.3) is 0 Å². The van der Waals surface area contributed by atoms with Gasteiger partial charge in [-0.1, -0.05) is 12.1 Å². The molecule has 0 radical (unpaired) electrons. The molecule has 3 N–H and O–H groups in total. The number of amides is 1. The van der Waals surface area contributed by atoms with Gasteiger partial charge in [-0.2, -0.15) is 0 Å². The zero-order chi connectivity index (χ0) is 20.6. The molecule has 0 saturated carbocycles. The minimum atomic E-state index is -0.483. The molecule has 0 spiro atoms. The molecule has 1 aliphatic rings. The van der Waals surface area contributed by atoms with E-state index in [1.165, 1.54) is 0 Å². The van der Waals surface area contributed by atoms with Crippen LogP contribution < -0.4 is 15.5 Å². The van der Waals surface area contributed by atoms with E-state index in [2.05, 4.69) is 25.4 Å². The fourth-order valence-electron chi connectivity index (χ4n) is 3.02. The molecule has 0 aliphatic carbocycles. The smallest absolute Gasteiger partial charge is 0.407 e. The number of hydrogen-bond donors (Lipinski definition) is 3. The number of piperazine rings is 1. The molecular formula is C20H33N5O3. The van der Waals surface area contributed by atoms with Crippen LogP contribution >= 0.6 is 0 Å². The van der Waals surface area contributed by atoms with Gasteiger partial charge < -0.3 is 30.3 Å². The van der Waals surface area contributed by atoms with E-state index in [-0.39, 0.29) is 0 Å². The van der Waals surface area contributed by atoms with Crippen LogP contribution in [0, 0.1) is 0 Å². The molecular weight excluding hydrogens is 358 g/mol. The second-order valence-electron chi connectivity index (χ2n) is 7.72. The summed E-state index contributed by atoms with van der Waals surface area (Å²) in [5.74, 6) is 1.17. The lowest BCUT2D eigenvalue weighted by Crippen LogP contribution is -2.52. The van der Waals surface area contributed by atoms with Crippen LogP contribution in [0.25, 0.3) is 0 Å². The number of alkyl carbamates (subject to hydrolysis) is 1. The van der Waals surface area contributed by atoms with Crippen molar-refractivity contribution in [2.24, 2.45) is 4.99 Å². The molecule has 1 aromatic rings. The number of rotatable bonds is 5. The number of guanidine groups is 1. The maximum atomic E-state index is 11.6. The van der Waals surface area contributed by atoms with Crippen LogP contribution in [0.4, 0.5) is 10.5 Å². The van der Waals surface area contributed by atoms with Crippen molar-refractivity contribution in [3.05, 3.63) is 24.3 Å². The molecule has 156 valence electrons. The Morgan fingerprint density at radius 1 is 1.14 bits per heavy atom. The third-order valence-electron chi connectivity index (χ3n) is 4.32. The maximum absolute atomic E-state index is 11.6. The molecule has 0 aromatic heterocycles. The van der Waals surface area contributed by atoms with Crippen LogP contribution in [-0.4, -0.2) is 74.0 Å². The number of aliphatic imine (C=N–C) groups is 1. The second-order valence-corrected chi connectivity index (χ2v) is 7.72. The molecule has 0 bridgehead atoms. The van der Waals surface area contributed by atoms with Gasteiger partial charge in [0, 0.05) is 46.3 Å². The summed E-state index contributed by atoms with van der Waals surface area (Å²) < 4.78 is 5.21. The Morgan fingerprint density at radius 2 is 1.79 bits per heavy atom. The highest BCUT2D eigenvalue weighted by Crippen LogP contribution is 2.27. The number of phenols is 1. The molecule has 1 fully saturated rings. The van der Waals surface area contributed by atoms with Crippen LogP contribution in [0.1, 0.15) is 27.2 Å². The third kappa shape index (κ3) is 6.83. The first-order chi connectivity index (χ1) is 13.3. The predicted octanol–water partition coefficient (Wildman–Crippen LogP) is 2.00. The van der Waals surface area contributed by atoms with Crippen molar-refractivity contribution in [1.29, 1.82) is 0 Å². The zero-order valence-electron chi connectivity index (χ0n) is 17.4. The zero-order valence-corrected chi connectivity index (χ0v) is 17.4. The van der Waals surface area contributed by atoms with Gasteiger partial charge in [0.15, 0.2) is 5.96 Å². The number of ether oxygens (including phenoxy) is 1. The SMILES string of the molecule is CN=C(NCCCNC(=O)OC(C)(C)C)N1CCN(c2ccccc2O)CC1. The van der Waals surface area contributed by atoms with Crippen molar-refractivity contribution in [2.75, 3.05) is 51.2 Å².